The van der Waals surface area contributed by atoms with Crippen LogP contribution in [0.2, 0.25) is 0 Å². The van der Waals surface area contributed by atoms with Gasteiger partial charge in [-0.3, -0.25) is 4.79 Å². The van der Waals surface area contributed by atoms with E-state index in [-0.39, 0.29) is 17.8 Å². The molecule has 0 bridgehead atoms. The van der Waals surface area contributed by atoms with Crippen molar-refractivity contribution >= 4 is 5.97 Å². The number of carbonyl (C=O) groups is 1. The van der Waals surface area contributed by atoms with Crippen LogP contribution in [0.1, 0.15) is 92.4 Å². The third kappa shape index (κ3) is 3.84. The van der Waals surface area contributed by atoms with E-state index in [9.17, 15) is 4.79 Å². The minimum atomic E-state index is -0.124. The Labute approximate surface area is 191 Å². The summed E-state index contributed by atoms with van der Waals surface area (Å²) >= 11 is 0. The number of carbonyl (C=O) groups excluding carboxylic acids is 1. The fourth-order valence-electron chi connectivity index (χ4n) is 8.74. The summed E-state index contributed by atoms with van der Waals surface area (Å²) in [6.07, 6.45) is 19.8. The molecule has 174 valence electrons. The van der Waals surface area contributed by atoms with E-state index < -0.39 is 0 Å². The number of allylic oxidation sites excluding steroid dienone is 3. The summed E-state index contributed by atoms with van der Waals surface area (Å²) in [7, 11) is 1.51. The van der Waals surface area contributed by atoms with Crippen molar-refractivity contribution in [2.75, 3.05) is 7.11 Å². The largest absolute Gasteiger partial charge is 0.469 e. The third-order valence-corrected chi connectivity index (χ3v) is 10.5. The van der Waals surface area contributed by atoms with Gasteiger partial charge in [-0.1, -0.05) is 64.8 Å². The molecule has 0 aliphatic heterocycles. The van der Waals surface area contributed by atoms with Crippen molar-refractivity contribution in [3.63, 3.8) is 0 Å². The average molecular weight is 427 g/mol. The molecule has 2 heteroatoms. The second-order valence-corrected chi connectivity index (χ2v) is 12.2. The number of esters is 1. The lowest BCUT2D eigenvalue weighted by molar-refractivity contribution is -0.145. The van der Waals surface area contributed by atoms with Crippen LogP contribution >= 0.6 is 0 Å². The number of methoxy groups -OCH3 is 1. The van der Waals surface area contributed by atoms with Gasteiger partial charge in [-0.15, -0.1) is 0 Å². The first-order valence-electron chi connectivity index (χ1n) is 13.2. The van der Waals surface area contributed by atoms with E-state index in [1.165, 1.54) is 64.9 Å². The summed E-state index contributed by atoms with van der Waals surface area (Å²) in [6.45, 7) is 11.9. The van der Waals surface area contributed by atoms with Crippen LogP contribution in [-0.4, -0.2) is 13.1 Å². The van der Waals surface area contributed by atoms with Gasteiger partial charge in [0.15, 0.2) is 0 Å². The van der Waals surface area contributed by atoms with E-state index in [4.69, 9.17) is 4.74 Å². The summed E-state index contributed by atoms with van der Waals surface area (Å²) < 4.78 is 5.05. The lowest BCUT2D eigenvalue weighted by atomic mass is 9.47. The molecule has 0 spiro atoms. The van der Waals surface area contributed by atoms with Gasteiger partial charge in [0.1, 0.15) is 0 Å². The summed E-state index contributed by atoms with van der Waals surface area (Å²) in [5, 5.41) is 0. The van der Waals surface area contributed by atoms with Gasteiger partial charge in [0.05, 0.1) is 13.0 Å². The second-order valence-electron chi connectivity index (χ2n) is 12.2. The highest BCUT2D eigenvalue weighted by Gasteiger charge is 2.58. The molecule has 0 aromatic rings. The predicted octanol–water partition coefficient (Wildman–Crippen LogP) is 7.59. The van der Waals surface area contributed by atoms with Gasteiger partial charge in [0.2, 0.25) is 0 Å². The third-order valence-electron chi connectivity index (χ3n) is 10.5. The van der Waals surface area contributed by atoms with E-state index in [1.807, 2.05) is 5.57 Å². The molecule has 0 aromatic heterocycles. The van der Waals surface area contributed by atoms with Crippen LogP contribution in [0.15, 0.2) is 23.8 Å². The number of rotatable bonds is 5. The molecule has 0 amide bonds. The van der Waals surface area contributed by atoms with E-state index in [0.29, 0.717) is 16.7 Å². The smallest absolute Gasteiger partial charge is 0.312 e. The van der Waals surface area contributed by atoms with Gasteiger partial charge in [0, 0.05) is 0 Å². The fourth-order valence-corrected chi connectivity index (χ4v) is 8.74. The van der Waals surface area contributed by atoms with Crippen molar-refractivity contribution in [1.29, 1.82) is 0 Å². The highest BCUT2D eigenvalue weighted by molar-refractivity contribution is 5.74. The van der Waals surface area contributed by atoms with Crippen LogP contribution in [0.25, 0.3) is 0 Å². The maximum absolute atomic E-state index is 12.2. The van der Waals surface area contributed by atoms with Crippen molar-refractivity contribution in [1.82, 2.24) is 0 Å². The maximum atomic E-state index is 12.2. The first kappa shape index (κ1) is 23.1. The monoisotopic (exact) mass is 426 g/mol. The Morgan fingerprint density at radius 1 is 1.06 bits per heavy atom. The molecule has 31 heavy (non-hydrogen) atoms. The SMILES string of the molecule is COC(=O)C(C=C[C@@H](C)[C@H]1CC[C@H]2[C@@H]3CC=C4CCCC[C@]4(C)[C@H]3CC[C@]12C)C(C)C. The molecule has 0 radical (unpaired) electrons. The number of fused-ring (bicyclic) bond motifs is 5. The van der Waals surface area contributed by atoms with Crippen LogP contribution in [0.3, 0.4) is 0 Å². The van der Waals surface area contributed by atoms with Gasteiger partial charge < -0.3 is 4.74 Å². The molecule has 2 nitrogen and oxygen atoms in total. The number of ether oxygens (including phenoxy) is 1. The van der Waals surface area contributed by atoms with E-state index in [1.54, 1.807) is 0 Å². The number of hydrogen-bond donors (Lipinski definition) is 0. The Morgan fingerprint density at radius 3 is 2.55 bits per heavy atom. The highest BCUT2D eigenvalue weighted by atomic mass is 16.5. The van der Waals surface area contributed by atoms with Gasteiger partial charge in [-0.25, -0.2) is 0 Å². The lowest BCUT2D eigenvalue weighted by Crippen LogP contribution is -2.49. The molecule has 4 rings (SSSR count). The molecular formula is C29H46O2. The Morgan fingerprint density at radius 2 is 1.84 bits per heavy atom. The average Bonchev–Trinajstić information content (AvgIpc) is 3.10. The summed E-state index contributed by atoms with van der Waals surface area (Å²) in [5.74, 6) is 4.01. The van der Waals surface area contributed by atoms with Gasteiger partial charge in [-0.2, -0.15) is 0 Å². The lowest BCUT2D eigenvalue weighted by Gasteiger charge is -2.58. The molecule has 0 aromatic carbocycles. The zero-order valence-corrected chi connectivity index (χ0v) is 21.0. The van der Waals surface area contributed by atoms with Crippen LogP contribution in [0.4, 0.5) is 0 Å². The second kappa shape index (κ2) is 8.71. The first-order chi connectivity index (χ1) is 14.7. The van der Waals surface area contributed by atoms with Crippen LogP contribution in [0.5, 0.6) is 0 Å². The zero-order chi connectivity index (χ0) is 22.4. The quantitative estimate of drug-likeness (QED) is 0.334. The molecule has 4 aliphatic carbocycles. The Hall–Kier alpha value is -1.05. The van der Waals surface area contributed by atoms with Crippen molar-refractivity contribution < 1.29 is 9.53 Å². The van der Waals surface area contributed by atoms with E-state index in [2.05, 4.69) is 52.8 Å². The van der Waals surface area contributed by atoms with Crippen LogP contribution in [0, 0.1) is 52.3 Å². The predicted molar refractivity (Wildman–Crippen MR) is 128 cm³/mol. The normalized spacial score (nSPS) is 41.8. The van der Waals surface area contributed by atoms with Crippen molar-refractivity contribution in [3.05, 3.63) is 23.8 Å². The standard InChI is InChI=1S/C29H46O2/c1-19(2)22(27(30)31-6)12-10-20(3)24-14-15-25-23-13-11-21-9-7-8-17-28(21,4)26(23)16-18-29(24,25)5/h10-12,19-20,22-26H,7-9,13-18H2,1-6H3/t20-,22?,23+,24-,25+,26+,28+,29-/m1/s1. The van der Waals surface area contributed by atoms with Gasteiger partial charge >= 0.3 is 5.97 Å². The molecule has 4 aliphatic rings. The topological polar surface area (TPSA) is 26.3 Å². The zero-order valence-electron chi connectivity index (χ0n) is 21.0. The molecule has 3 fully saturated rings. The molecule has 1 unspecified atom stereocenters. The number of hydrogen-bond acceptors (Lipinski definition) is 2. The minimum Gasteiger partial charge on any atom is -0.469 e. The Balaban J connectivity index is 1.52. The van der Waals surface area contributed by atoms with Crippen LogP contribution < -0.4 is 0 Å². The molecular weight excluding hydrogens is 380 g/mol. The van der Waals surface area contributed by atoms with Crippen molar-refractivity contribution in [2.24, 2.45) is 52.3 Å². The minimum absolute atomic E-state index is 0.0972. The fraction of sp³-hybridized carbons (Fsp3) is 0.828. The molecule has 0 heterocycles. The molecule has 8 atom stereocenters. The Kier molecular flexibility index (Phi) is 6.50. The van der Waals surface area contributed by atoms with Crippen LogP contribution in [-0.2, 0) is 9.53 Å². The van der Waals surface area contributed by atoms with Crippen molar-refractivity contribution in [3.8, 4) is 0 Å². The summed E-state index contributed by atoms with van der Waals surface area (Å²) in [6, 6.07) is 0. The Bertz CT molecular complexity index is 733. The van der Waals surface area contributed by atoms with Gasteiger partial charge in [0.25, 0.3) is 0 Å². The maximum Gasteiger partial charge on any atom is 0.312 e. The van der Waals surface area contributed by atoms with E-state index in [0.717, 1.165) is 23.7 Å². The molecule has 0 N–H and O–H groups in total. The highest BCUT2D eigenvalue weighted by Crippen LogP contribution is 2.67. The first-order valence-corrected chi connectivity index (χ1v) is 13.2. The molecule has 0 saturated heterocycles. The molecule has 3 saturated carbocycles. The van der Waals surface area contributed by atoms with E-state index >= 15 is 0 Å². The summed E-state index contributed by atoms with van der Waals surface area (Å²) in [4.78, 5) is 12.2. The van der Waals surface area contributed by atoms with Gasteiger partial charge in [-0.05, 0) is 97.7 Å². The summed E-state index contributed by atoms with van der Waals surface area (Å²) in [5.41, 5.74) is 2.77. The van der Waals surface area contributed by atoms with Crippen molar-refractivity contribution in [2.45, 2.75) is 92.4 Å².